The molecule has 1 aromatic rings. The molecule has 2 heteroatoms. The fourth-order valence-corrected chi connectivity index (χ4v) is 1.76. The van der Waals surface area contributed by atoms with E-state index in [1.54, 1.807) is 0 Å². The lowest BCUT2D eigenvalue weighted by molar-refractivity contribution is 0.451. The molecule has 0 spiro atoms. The van der Waals surface area contributed by atoms with Gasteiger partial charge in [-0.05, 0) is 24.6 Å². The van der Waals surface area contributed by atoms with E-state index in [1.807, 2.05) is 7.05 Å². The molecule has 2 nitrogen and oxygen atoms in total. The fourth-order valence-electron chi connectivity index (χ4n) is 1.76. The van der Waals surface area contributed by atoms with Crippen molar-refractivity contribution in [2.75, 3.05) is 13.6 Å². The van der Waals surface area contributed by atoms with Crippen LogP contribution in [-0.4, -0.2) is 13.6 Å². The van der Waals surface area contributed by atoms with E-state index in [2.05, 4.69) is 34.9 Å². The third-order valence-corrected chi connectivity index (χ3v) is 2.40. The monoisotopic (exact) mass is 162 g/mol. The molecule has 0 aliphatic carbocycles. The Labute approximate surface area is 73.0 Å². The average Bonchev–Trinajstić information content (AvgIpc) is 2.17. The van der Waals surface area contributed by atoms with Gasteiger partial charge >= 0.3 is 0 Å². The van der Waals surface area contributed by atoms with E-state index in [9.17, 15) is 0 Å². The minimum Gasteiger partial charge on any atom is -0.301 e. The molecule has 1 aliphatic rings. The van der Waals surface area contributed by atoms with Gasteiger partial charge in [0.05, 0.1) is 6.17 Å². The predicted octanol–water partition coefficient (Wildman–Crippen LogP) is 1.05. The predicted molar refractivity (Wildman–Crippen MR) is 49.9 cm³/mol. The number of nitrogens with one attached hydrogen (secondary N) is 2. The zero-order chi connectivity index (χ0) is 8.39. The van der Waals surface area contributed by atoms with Gasteiger partial charge in [-0.2, -0.15) is 0 Å². The van der Waals surface area contributed by atoms with Crippen LogP contribution in [0.25, 0.3) is 0 Å². The molecule has 1 aliphatic heterocycles. The molecule has 0 radical (unpaired) electrons. The zero-order valence-corrected chi connectivity index (χ0v) is 7.30. The van der Waals surface area contributed by atoms with Crippen molar-refractivity contribution in [1.82, 2.24) is 10.6 Å². The van der Waals surface area contributed by atoms with Crippen LogP contribution >= 0.6 is 0 Å². The third-order valence-electron chi connectivity index (χ3n) is 2.40. The number of rotatable bonds is 1. The topological polar surface area (TPSA) is 24.1 Å². The van der Waals surface area contributed by atoms with Gasteiger partial charge in [-0.1, -0.05) is 24.3 Å². The van der Waals surface area contributed by atoms with Gasteiger partial charge in [0, 0.05) is 6.54 Å². The first-order valence-corrected chi connectivity index (χ1v) is 4.40. The highest BCUT2D eigenvalue weighted by molar-refractivity contribution is 5.31. The first-order valence-electron chi connectivity index (χ1n) is 4.40. The first-order chi connectivity index (χ1) is 5.92. The Morgan fingerprint density at radius 2 is 2.25 bits per heavy atom. The van der Waals surface area contributed by atoms with Crippen LogP contribution in [0.5, 0.6) is 0 Å². The molecular formula is C10H14N2. The van der Waals surface area contributed by atoms with Gasteiger partial charge in [-0.3, -0.25) is 5.32 Å². The number of hydrogen-bond acceptors (Lipinski definition) is 2. The van der Waals surface area contributed by atoms with Crippen LogP contribution in [-0.2, 0) is 6.42 Å². The maximum absolute atomic E-state index is 3.41. The van der Waals surface area contributed by atoms with Gasteiger partial charge in [-0.25, -0.2) is 0 Å². The van der Waals surface area contributed by atoms with Crippen molar-refractivity contribution in [2.45, 2.75) is 12.6 Å². The van der Waals surface area contributed by atoms with Crippen LogP contribution < -0.4 is 10.6 Å². The van der Waals surface area contributed by atoms with E-state index in [1.165, 1.54) is 11.1 Å². The summed E-state index contributed by atoms with van der Waals surface area (Å²) in [6.07, 6.45) is 1.49. The lowest BCUT2D eigenvalue weighted by atomic mass is 9.99. The van der Waals surface area contributed by atoms with Gasteiger partial charge in [0.2, 0.25) is 0 Å². The highest BCUT2D eigenvalue weighted by Crippen LogP contribution is 2.19. The Morgan fingerprint density at radius 3 is 3.08 bits per heavy atom. The largest absolute Gasteiger partial charge is 0.301 e. The van der Waals surface area contributed by atoms with E-state index in [0.717, 1.165) is 13.0 Å². The van der Waals surface area contributed by atoms with Crippen molar-refractivity contribution in [1.29, 1.82) is 0 Å². The number of hydrogen-bond donors (Lipinski definition) is 2. The Morgan fingerprint density at radius 1 is 1.42 bits per heavy atom. The second kappa shape index (κ2) is 3.25. The van der Waals surface area contributed by atoms with E-state index in [0.29, 0.717) is 6.17 Å². The minimum atomic E-state index is 0.343. The molecule has 2 rings (SSSR count). The highest BCUT2D eigenvalue weighted by Gasteiger charge is 2.16. The fraction of sp³-hybridized carbons (Fsp3) is 0.400. The molecule has 0 fully saturated rings. The second-order valence-electron chi connectivity index (χ2n) is 3.12. The highest BCUT2D eigenvalue weighted by atomic mass is 15.1. The molecule has 0 aromatic heterocycles. The molecule has 12 heavy (non-hydrogen) atoms. The standard InChI is InChI=1S/C10H14N2/c1-11-10-9-5-3-2-4-8(9)6-7-12-10/h2-5,10-12H,6-7H2,1H3. The van der Waals surface area contributed by atoms with Crippen LogP contribution in [0.2, 0.25) is 0 Å². The summed E-state index contributed by atoms with van der Waals surface area (Å²) < 4.78 is 0. The van der Waals surface area contributed by atoms with E-state index < -0.39 is 0 Å². The maximum Gasteiger partial charge on any atom is 0.0835 e. The summed E-state index contributed by atoms with van der Waals surface area (Å²) in [5, 5.41) is 6.66. The van der Waals surface area contributed by atoms with Gasteiger partial charge < -0.3 is 5.32 Å². The van der Waals surface area contributed by atoms with E-state index in [-0.39, 0.29) is 0 Å². The van der Waals surface area contributed by atoms with Crippen LogP contribution in [0.4, 0.5) is 0 Å². The SMILES string of the molecule is CNC1NCCc2ccccc21. The Bertz CT molecular complexity index is 270. The lowest BCUT2D eigenvalue weighted by Crippen LogP contribution is -2.37. The molecule has 0 saturated carbocycles. The van der Waals surface area contributed by atoms with Gasteiger partial charge in [-0.15, -0.1) is 0 Å². The third kappa shape index (κ3) is 1.24. The lowest BCUT2D eigenvalue weighted by Gasteiger charge is -2.26. The van der Waals surface area contributed by atoms with Crippen molar-refractivity contribution in [2.24, 2.45) is 0 Å². The number of fused-ring (bicyclic) bond motifs is 1. The summed E-state index contributed by atoms with van der Waals surface area (Å²) in [4.78, 5) is 0. The van der Waals surface area contributed by atoms with Crippen LogP contribution in [0.15, 0.2) is 24.3 Å². The van der Waals surface area contributed by atoms with Crippen molar-refractivity contribution < 1.29 is 0 Å². The molecular weight excluding hydrogens is 148 g/mol. The maximum atomic E-state index is 3.41. The molecule has 1 unspecified atom stereocenters. The molecule has 0 saturated heterocycles. The van der Waals surface area contributed by atoms with Crippen molar-refractivity contribution in [3.05, 3.63) is 35.4 Å². The smallest absolute Gasteiger partial charge is 0.0835 e. The summed E-state index contributed by atoms with van der Waals surface area (Å²) >= 11 is 0. The normalized spacial score (nSPS) is 21.9. The van der Waals surface area contributed by atoms with E-state index >= 15 is 0 Å². The van der Waals surface area contributed by atoms with Gasteiger partial charge in [0.1, 0.15) is 0 Å². The molecule has 64 valence electrons. The summed E-state index contributed by atoms with van der Waals surface area (Å²) in [6.45, 7) is 1.07. The first kappa shape index (κ1) is 7.77. The minimum absolute atomic E-state index is 0.343. The van der Waals surface area contributed by atoms with Crippen molar-refractivity contribution in [3.8, 4) is 0 Å². The second-order valence-corrected chi connectivity index (χ2v) is 3.12. The zero-order valence-electron chi connectivity index (χ0n) is 7.30. The Balaban J connectivity index is 2.37. The van der Waals surface area contributed by atoms with Crippen LogP contribution in [0.1, 0.15) is 17.3 Å². The molecule has 0 bridgehead atoms. The average molecular weight is 162 g/mol. The van der Waals surface area contributed by atoms with Crippen molar-refractivity contribution in [3.63, 3.8) is 0 Å². The van der Waals surface area contributed by atoms with E-state index in [4.69, 9.17) is 0 Å². The van der Waals surface area contributed by atoms with Crippen LogP contribution in [0.3, 0.4) is 0 Å². The molecule has 1 aromatic carbocycles. The van der Waals surface area contributed by atoms with Crippen molar-refractivity contribution >= 4 is 0 Å². The molecule has 2 N–H and O–H groups in total. The summed E-state index contributed by atoms with van der Waals surface area (Å²) in [6, 6.07) is 8.59. The van der Waals surface area contributed by atoms with Crippen LogP contribution in [0, 0.1) is 0 Å². The van der Waals surface area contributed by atoms with Gasteiger partial charge in [0.25, 0.3) is 0 Å². The Hall–Kier alpha value is -0.860. The Kier molecular flexibility index (Phi) is 2.11. The summed E-state index contributed by atoms with van der Waals surface area (Å²) in [7, 11) is 1.99. The molecule has 0 amide bonds. The number of benzene rings is 1. The van der Waals surface area contributed by atoms with Gasteiger partial charge in [0.15, 0.2) is 0 Å². The quantitative estimate of drug-likeness (QED) is 0.645. The summed E-state index contributed by atoms with van der Waals surface area (Å²) in [5.74, 6) is 0. The molecule has 1 atom stereocenters. The summed E-state index contributed by atoms with van der Waals surface area (Å²) in [5.41, 5.74) is 2.86. The molecule has 1 heterocycles.